The van der Waals surface area contributed by atoms with Crippen LogP contribution in [0.5, 0.6) is 5.75 Å². The molecule has 0 atom stereocenters. The molecule has 152 valence electrons. The fraction of sp³-hybridized carbons (Fsp3) is 0.450. The molecule has 0 aliphatic rings. The van der Waals surface area contributed by atoms with Gasteiger partial charge in [-0.3, -0.25) is 4.79 Å². The zero-order chi connectivity index (χ0) is 20.5. The molecule has 0 spiro atoms. The van der Waals surface area contributed by atoms with E-state index in [-0.39, 0.29) is 18.5 Å². The summed E-state index contributed by atoms with van der Waals surface area (Å²) in [6.45, 7) is 8.60. The first-order valence-corrected chi connectivity index (χ1v) is 9.40. The lowest BCUT2D eigenvalue weighted by molar-refractivity contribution is -0.116. The highest BCUT2D eigenvalue weighted by atomic mass is 16.5. The van der Waals surface area contributed by atoms with Crippen molar-refractivity contribution < 1.29 is 18.8 Å². The molecule has 1 aromatic heterocycles. The number of ether oxygens (including phenoxy) is 1. The molecule has 1 aromatic carbocycles. The van der Waals surface area contributed by atoms with Crippen LogP contribution in [-0.2, 0) is 4.79 Å². The summed E-state index contributed by atoms with van der Waals surface area (Å²) in [4.78, 5) is 26.7. The molecule has 0 radical (unpaired) electrons. The van der Waals surface area contributed by atoms with Gasteiger partial charge < -0.3 is 24.8 Å². The molecule has 8 heteroatoms. The van der Waals surface area contributed by atoms with Crippen LogP contribution in [0.1, 0.15) is 33.0 Å². The maximum atomic E-state index is 12.8. The predicted octanol–water partition coefficient (Wildman–Crippen LogP) is 3.90. The second kappa shape index (κ2) is 10.3. The Bertz CT molecular complexity index is 788. The second-order valence-corrected chi connectivity index (χ2v) is 6.83. The van der Waals surface area contributed by atoms with E-state index in [0.29, 0.717) is 42.1 Å². The first-order valence-electron chi connectivity index (χ1n) is 9.40. The van der Waals surface area contributed by atoms with Gasteiger partial charge in [0.25, 0.3) is 0 Å². The maximum absolute atomic E-state index is 12.8. The number of benzene rings is 1. The van der Waals surface area contributed by atoms with Crippen molar-refractivity contribution in [1.82, 2.24) is 10.1 Å². The molecule has 1 heterocycles. The summed E-state index contributed by atoms with van der Waals surface area (Å²) in [6.07, 6.45) is 0.775. The minimum absolute atomic E-state index is 0.0960. The van der Waals surface area contributed by atoms with Gasteiger partial charge in [-0.25, -0.2) is 4.79 Å². The summed E-state index contributed by atoms with van der Waals surface area (Å²) in [5.74, 6) is 1.56. The Morgan fingerprint density at radius 1 is 1.25 bits per heavy atom. The first-order chi connectivity index (χ1) is 13.4. The van der Waals surface area contributed by atoms with Crippen molar-refractivity contribution in [2.24, 2.45) is 5.92 Å². The SMILES string of the molecule is CCOc1ccccc1NC(=O)N(CCC(C)C)CC(=O)Nc1cc(C)on1. The van der Waals surface area contributed by atoms with E-state index in [0.717, 1.165) is 6.42 Å². The van der Waals surface area contributed by atoms with Crippen molar-refractivity contribution >= 4 is 23.4 Å². The van der Waals surface area contributed by atoms with E-state index in [2.05, 4.69) is 29.6 Å². The first kappa shape index (κ1) is 21.3. The summed E-state index contributed by atoms with van der Waals surface area (Å²) in [6, 6.07) is 8.47. The number of urea groups is 1. The summed E-state index contributed by atoms with van der Waals surface area (Å²) in [7, 11) is 0. The van der Waals surface area contributed by atoms with Gasteiger partial charge in [0.15, 0.2) is 5.82 Å². The van der Waals surface area contributed by atoms with Gasteiger partial charge in [0, 0.05) is 12.6 Å². The molecule has 0 aliphatic carbocycles. The van der Waals surface area contributed by atoms with Gasteiger partial charge >= 0.3 is 6.03 Å². The zero-order valence-corrected chi connectivity index (χ0v) is 16.8. The molecule has 0 saturated heterocycles. The minimum Gasteiger partial charge on any atom is -0.492 e. The van der Waals surface area contributed by atoms with Crippen LogP contribution in [0.15, 0.2) is 34.9 Å². The van der Waals surface area contributed by atoms with Crippen molar-refractivity contribution in [2.45, 2.75) is 34.1 Å². The molecule has 2 N–H and O–H groups in total. The van der Waals surface area contributed by atoms with E-state index in [1.165, 1.54) is 4.90 Å². The van der Waals surface area contributed by atoms with Gasteiger partial charge in [-0.2, -0.15) is 0 Å². The van der Waals surface area contributed by atoms with Crippen LogP contribution < -0.4 is 15.4 Å². The quantitative estimate of drug-likeness (QED) is 0.679. The molecule has 2 aromatic rings. The van der Waals surface area contributed by atoms with Crippen molar-refractivity contribution in [3.05, 3.63) is 36.1 Å². The van der Waals surface area contributed by atoms with Crippen LogP contribution >= 0.6 is 0 Å². The average molecular weight is 388 g/mol. The molecule has 2 rings (SSSR count). The summed E-state index contributed by atoms with van der Waals surface area (Å²) in [5.41, 5.74) is 0.566. The van der Waals surface area contributed by atoms with Gasteiger partial charge in [-0.15, -0.1) is 0 Å². The van der Waals surface area contributed by atoms with E-state index < -0.39 is 0 Å². The van der Waals surface area contributed by atoms with Crippen molar-refractivity contribution in [2.75, 3.05) is 30.3 Å². The number of aromatic nitrogens is 1. The Morgan fingerprint density at radius 3 is 2.64 bits per heavy atom. The minimum atomic E-state index is -0.362. The number of nitrogens with one attached hydrogen (secondary N) is 2. The number of amides is 3. The number of carbonyl (C=O) groups is 2. The average Bonchev–Trinajstić information content (AvgIpc) is 3.04. The van der Waals surface area contributed by atoms with Crippen LogP contribution in [0.4, 0.5) is 16.3 Å². The molecule has 8 nitrogen and oxygen atoms in total. The molecule has 0 bridgehead atoms. The monoisotopic (exact) mass is 388 g/mol. The Balaban J connectivity index is 2.06. The number of nitrogens with zero attached hydrogens (tertiary/aromatic N) is 2. The molecule has 28 heavy (non-hydrogen) atoms. The number of anilines is 2. The fourth-order valence-electron chi connectivity index (χ4n) is 2.49. The van der Waals surface area contributed by atoms with Gasteiger partial charge in [-0.05, 0) is 38.3 Å². The van der Waals surface area contributed by atoms with Crippen LogP contribution in [0.25, 0.3) is 0 Å². The van der Waals surface area contributed by atoms with E-state index >= 15 is 0 Å². The molecule has 3 amide bonds. The third-order valence-corrected chi connectivity index (χ3v) is 3.92. The van der Waals surface area contributed by atoms with Crippen molar-refractivity contribution in [1.29, 1.82) is 0 Å². The highest BCUT2D eigenvalue weighted by Gasteiger charge is 2.19. The Labute approximate surface area is 165 Å². The number of aryl methyl sites for hydroxylation is 1. The lowest BCUT2D eigenvalue weighted by Gasteiger charge is -2.24. The number of para-hydroxylation sites is 2. The molecule has 0 unspecified atom stereocenters. The summed E-state index contributed by atoms with van der Waals surface area (Å²) < 4.78 is 10.5. The molecule has 0 fully saturated rings. The van der Waals surface area contributed by atoms with Crippen molar-refractivity contribution in [3.8, 4) is 5.75 Å². The largest absolute Gasteiger partial charge is 0.492 e. The molecule has 0 saturated carbocycles. The number of carbonyl (C=O) groups excluding carboxylic acids is 2. The Kier molecular flexibility index (Phi) is 7.86. The lowest BCUT2D eigenvalue weighted by Crippen LogP contribution is -2.41. The summed E-state index contributed by atoms with van der Waals surface area (Å²) in [5, 5.41) is 9.22. The fourth-order valence-corrected chi connectivity index (χ4v) is 2.49. The topological polar surface area (TPSA) is 96.7 Å². The second-order valence-electron chi connectivity index (χ2n) is 6.83. The van der Waals surface area contributed by atoms with Crippen molar-refractivity contribution in [3.63, 3.8) is 0 Å². The van der Waals surface area contributed by atoms with E-state index in [1.807, 2.05) is 19.1 Å². The molecular formula is C20H28N4O4. The van der Waals surface area contributed by atoms with E-state index in [9.17, 15) is 9.59 Å². The van der Waals surface area contributed by atoms with E-state index in [4.69, 9.17) is 9.26 Å². The highest BCUT2D eigenvalue weighted by molar-refractivity contribution is 5.97. The normalized spacial score (nSPS) is 10.6. The van der Waals surface area contributed by atoms with Crippen LogP contribution in [0, 0.1) is 12.8 Å². The Morgan fingerprint density at radius 2 is 2.00 bits per heavy atom. The molecular weight excluding hydrogens is 360 g/mol. The van der Waals surface area contributed by atoms with Crippen LogP contribution in [0.3, 0.4) is 0 Å². The van der Waals surface area contributed by atoms with Gasteiger partial charge in [-0.1, -0.05) is 31.1 Å². The van der Waals surface area contributed by atoms with Gasteiger partial charge in [0.05, 0.1) is 12.3 Å². The smallest absolute Gasteiger partial charge is 0.322 e. The van der Waals surface area contributed by atoms with Crippen LogP contribution in [0.2, 0.25) is 0 Å². The third-order valence-electron chi connectivity index (χ3n) is 3.92. The third kappa shape index (κ3) is 6.61. The summed E-state index contributed by atoms with van der Waals surface area (Å²) >= 11 is 0. The Hall–Kier alpha value is -3.03. The van der Waals surface area contributed by atoms with Gasteiger partial charge in [0.2, 0.25) is 5.91 Å². The number of rotatable bonds is 9. The van der Waals surface area contributed by atoms with E-state index in [1.54, 1.807) is 25.1 Å². The highest BCUT2D eigenvalue weighted by Crippen LogP contribution is 2.24. The number of hydrogen-bond acceptors (Lipinski definition) is 5. The zero-order valence-electron chi connectivity index (χ0n) is 16.8. The van der Waals surface area contributed by atoms with Gasteiger partial charge in [0.1, 0.15) is 18.1 Å². The van der Waals surface area contributed by atoms with Crippen LogP contribution in [-0.4, -0.2) is 41.7 Å². The lowest BCUT2D eigenvalue weighted by atomic mass is 10.1. The standard InChI is InChI=1S/C20H28N4O4/c1-5-27-17-9-7-6-8-16(17)21-20(26)24(11-10-14(2)3)13-19(25)22-18-12-15(4)28-23-18/h6-9,12,14H,5,10-11,13H2,1-4H3,(H,21,26)(H,22,23,25). The predicted molar refractivity (Wildman–Crippen MR) is 108 cm³/mol. The number of hydrogen-bond donors (Lipinski definition) is 2. The maximum Gasteiger partial charge on any atom is 0.322 e. The molecule has 0 aliphatic heterocycles.